The lowest BCUT2D eigenvalue weighted by Gasteiger charge is -2.25. The van der Waals surface area contributed by atoms with Crippen LogP contribution in [0.5, 0.6) is 0 Å². The molecule has 0 aromatic carbocycles. The van der Waals surface area contributed by atoms with E-state index in [2.05, 4.69) is 10.6 Å². The summed E-state index contributed by atoms with van der Waals surface area (Å²) in [4.78, 5) is 11.9. The third kappa shape index (κ3) is 4.30. The average Bonchev–Trinajstić information content (AvgIpc) is 2.99. The summed E-state index contributed by atoms with van der Waals surface area (Å²) in [5.41, 5.74) is 3.31. The number of nitrogens with one attached hydrogen (secondary N) is 2. The average molecular weight is 292 g/mol. The van der Waals surface area contributed by atoms with E-state index in [1.807, 2.05) is 0 Å². The Bertz CT molecular complexity index is 400. The van der Waals surface area contributed by atoms with E-state index >= 15 is 0 Å². The van der Waals surface area contributed by atoms with Crippen molar-refractivity contribution in [3.05, 3.63) is 11.1 Å². The maximum Gasteiger partial charge on any atom is 0.246 e. The van der Waals surface area contributed by atoms with Gasteiger partial charge in [-0.2, -0.15) is 0 Å². The van der Waals surface area contributed by atoms with Crippen molar-refractivity contribution >= 4 is 5.91 Å². The van der Waals surface area contributed by atoms with Crippen molar-refractivity contribution in [2.45, 2.75) is 69.9 Å². The molecule has 2 aliphatic carbocycles. The van der Waals surface area contributed by atoms with Crippen LogP contribution < -0.4 is 10.6 Å². The highest BCUT2D eigenvalue weighted by molar-refractivity contribution is 5.77. The molecule has 118 valence electrons. The first-order valence-corrected chi connectivity index (χ1v) is 8.63. The van der Waals surface area contributed by atoms with Gasteiger partial charge in [0.2, 0.25) is 5.91 Å². The van der Waals surface area contributed by atoms with Crippen molar-refractivity contribution in [3.63, 3.8) is 0 Å². The van der Waals surface area contributed by atoms with Crippen LogP contribution in [0.15, 0.2) is 11.1 Å². The monoisotopic (exact) mass is 292 g/mol. The lowest BCUT2D eigenvalue weighted by atomic mass is 9.92. The zero-order valence-electron chi connectivity index (χ0n) is 13.0. The Balaban J connectivity index is 1.32. The molecule has 21 heavy (non-hydrogen) atoms. The predicted molar refractivity (Wildman–Crippen MR) is 83.1 cm³/mol. The second-order valence-electron chi connectivity index (χ2n) is 6.69. The molecular weight excluding hydrogens is 264 g/mol. The van der Waals surface area contributed by atoms with Gasteiger partial charge in [-0.3, -0.25) is 4.79 Å². The van der Waals surface area contributed by atoms with Gasteiger partial charge in [-0.25, -0.2) is 0 Å². The summed E-state index contributed by atoms with van der Waals surface area (Å²) < 4.78 is 5.83. The minimum absolute atomic E-state index is 0.0357. The molecule has 4 heteroatoms. The summed E-state index contributed by atoms with van der Waals surface area (Å²) in [5, 5.41) is 6.44. The molecule has 1 aliphatic heterocycles. The minimum atomic E-state index is 0.0357. The van der Waals surface area contributed by atoms with Gasteiger partial charge in [-0.15, -0.1) is 0 Å². The van der Waals surface area contributed by atoms with Crippen LogP contribution in [0, 0.1) is 0 Å². The number of carbonyl (C=O) groups excluding carboxylic acids is 1. The molecule has 0 aromatic rings. The van der Waals surface area contributed by atoms with Gasteiger partial charge in [0.25, 0.3) is 0 Å². The molecule has 2 atom stereocenters. The molecule has 0 saturated carbocycles. The highest BCUT2D eigenvalue weighted by Crippen LogP contribution is 2.37. The van der Waals surface area contributed by atoms with E-state index in [9.17, 15) is 4.79 Å². The third-order valence-corrected chi connectivity index (χ3v) is 5.11. The Morgan fingerprint density at radius 1 is 1.14 bits per heavy atom. The molecule has 0 bridgehead atoms. The highest BCUT2D eigenvalue weighted by atomic mass is 16.5. The van der Waals surface area contributed by atoms with Crippen LogP contribution in [0.2, 0.25) is 0 Å². The van der Waals surface area contributed by atoms with E-state index in [-0.39, 0.29) is 18.6 Å². The number of carbonyl (C=O) groups is 1. The van der Waals surface area contributed by atoms with Gasteiger partial charge in [0.05, 0.1) is 6.10 Å². The van der Waals surface area contributed by atoms with Crippen molar-refractivity contribution in [2.75, 3.05) is 19.7 Å². The first-order valence-electron chi connectivity index (χ1n) is 8.63. The number of rotatable bonds is 5. The summed E-state index contributed by atoms with van der Waals surface area (Å²) in [6.07, 6.45) is 11.2. The van der Waals surface area contributed by atoms with Gasteiger partial charge in [0.15, 0.2) is 0 Å². The Hall–Kier alpha value is -0.870. The number of piperidine rings is 1. The second kappa shape index (κ2) is 7.41. The van der Waals surface area contributed by atoms with Crippen molar-refractivity contribution in [1.82, 2.24) is 10.6 Å². The molecule has 1 fully saturated rings. The SMILES string of the molecule is O=C(COC1CCC2=C(CCC2)C1)NCC1CCCCN1. The van der Waals surface area contributed by atoms with Crippen molar-refractivity contribution in [2.24, 2.45) is 0 Å². The van der Waals surface area contributed by atoms with Crippen molar-refractivity contribution in [1.29, 1.82) is 0 Å². The van der Waals surface area contributed by atoms with Crippen LogP contribution in [0.4, 0.5) is 0 Å². The molecular formula is C17H28N2O2. The normalized spacial score (nSPS) is 29.3. The van der Waals surface area contributed by atoms with Crippen LogP contribution in [-0.2, 0) is 9.53 Å². The molecule has 3 aliphatic rings. The second-order valence-corrected chi connectivity index (χ2v) is 6.69. The van der Waals surface area contributed by atoms with Crippen molar-refractivity contribution < 1.29 is 9.53 Å². The molecule has 2 N–H and O–H groups in total. The van der Waals surface area contributed by atoms with Crippen LogP contribution in [0.25, 0.3) is 0 Å². The Morgan fingerprint density at radius 2 is 2.05 bits per heavy atom. The molecule has 4 nitrogen and oxygen atoms in total. The van der Waals surface area contributed by atoms with Gasteiger partial charge in [0, 0.05) is 12.6 Å². The van der Waals surface area contributed by atoms with E-state index < -0.39 is 0 Å². The van der Waals surface area contributed by atoms with E-state index in [0.717, 1.165) is 25.9 Å². The number of allylic oxidation sites excluding steroid dienone is 1. The first kappa shape index (κ1) is 15.0. The van der Waals surface area contributed by atoms with E-state index in [4.69, 9.17) is 4.74 Å². The fourth-order valence-electron chi connectivity index (χ4n) is 3.85. The molecule has 0 aromatic heterocycles. The van der Waals surface area contributed by atoms with Gasteiger partial charge in [-0.05, 0) is 57.9 Å². The smallest absolute Gasteiger partial charge is 0.246 e. The first-order chi connectivity index (χ1) is 10.3. The summed E-state index contributed by atoms with van der Waals surface area (Å²) in [5.74, 6) is 0.0357. The van der Waals surface area contributed by atoms with E-state index in [1.165, 1.54) is 44.9 Å². The predicted octanol–water partition coefficient (Wildman–Crippen LogP) is 2.29. The lowest BCUT2D eigenvalue weighted by Crippen LogP contribution is -2.44. The fraction of sp³-hybridized carbons (Fsp3) is 0.824. The zero-order chi connectivity index (χ0) is 14.5. The molecule has 2 unspecified atom stereocenters. The van der Waals surface area contributed by atoms with Crippen LogP contribution in [0.1, 0.15) is 57.8 Å². The molecule has 0 radical (unpaired) electrons. The van der Waals surface area contributed by atoms with Gasteiger partial charge in [-0.1, -0.05) is 17.6 Å². The number of hydrogen-bond acceptors (Lipinski definition) is 3. The van der Waals surface area contributed by atoms with Gasteiger partial charge in [0.1, 0.15) is 6.61 Å². The Labute approximate surface area is 127 Å². The molecule has 1 saturated heterocycles. The number of ether oxygens (including phenoxy) is 1. The van der Waals surface area contributed by atoms with Crippen LogP contribution in [0.3, 0.4) is 0 Å². The maximum atomic E-state index is 11.9. The Morgan fingerprint density at radius 3 is 2.90 bits per heavy atom. The quantitative estimate of drug-likeness (QED) is 0.764. The molecule has 1 amide bonds. The van der Waals surface area contributed by atoms with Gasteiger partial charge < -0.3 is 15.4 Å². The maximum absolute atomic E-state index is 11.9. The minimum Gasteiger partial charge on any atom is -0.368 e. The largest absolute Gasteiger partial charge is 0.368 e. The highest BCUT2D eigenvalue weighted by Gasteiger charge is 2.25. The molecule has 3 rings (SSSR count). The summed E-state index contributed by atoms with van der Waals surface area (Å²) in [6.45, 7) is 2.04. The Kier molecular flexibility index (Phi) is 5.31. The van der Waals surface area contributed by atoms with Crippen molar-refractivity contribution in [3.8, 4) is 0 Å². The lowest BCUT2D eigenvalue weighted by molar-refractivity contribution is -0.128. The van der Waals surface area contributed by atoms with Crippen LogP contribution >= 0.6 is 0 Å². The van der Waals surface area contributed by atoms with Gasteiger partial charge >= 0.3 is 0 Å². The molecule has 1 heterocycles. The van der Waals surface area contributed by atoms with Crippen LogP contribution in [-0.4, -0.2) is 37.7 Å². The van der Waals surface area contributed by atoms with E-state index in [0.29, 0.717) is 6.04 Å². The summed E-state index contributed by atoms with van der Waals surface area (Å²) >= 11 is 0. The third-order valence-electron chi connectivity index (χ3n) is 5.11. The standard InChI is InChI=1S/C17H28N2O2/c20-17(19-11-15-6-1-2-9-18-15)12-21-16-8-7-13-4-3-5-14(13)10-16/h15-16,18H,1-12H2,(H,19,20). The summed E-state index contributed by atoms with van der Waals surface area (Å²) in [6, 6.07) is 0.448. The topological polar surface area (TPSA) is 50.4 Å². The summed E-state index contributed by atoms with van der Waals surface area (Å²) in [7, 11) is 0. The zero-order valence-corrected chi connectivity index (χ0v) is 13.0. The van der Waals surface area contributed by atoms with E-state index in [1.54, 1.807) is 11.1 Å². The molecule has 0 spiro atoms. The number of amides is 1. The number of hydrogen-bond donors (Lipinski definition) is 2. The fourth-order valence-corrected chi connectivity index (χ4v) is 3.85.